The Bertz CT molecular complexity index is 657. The quantitative estimate of drug-likeness (QED) is 0.820. The van der Waals surface area contributed by atoms with Gasteiger partial charge in [0.2, 0.25) is 5.91 Å². The maximum absolute atomic E-state index is 12.7. The third-order valence-corrected chi connectivity index (χ3v) is 5.54. The Labute approximate surface area is 151 Å². The lowest BCUT2D eigenvalue weighted by Crippen LogP contribution is -2.51. The van der Waals surface area contributed by atoms with Crippen LogP contribution in [0.1, 0.15) is 34.0 Å². The summed E-state index contributed by atoms with van der Waals surface area (Å²) in [6, 6.07) is 1.92. The summed E-state index contributed by atoms with van der Waals surface area (Å²) in [6.45, 7) is 6.41. The van der Waals surface area contributed by atoms with Crippen LogP contribution < -0.4 is 0 Å². The Morgan fingerprint density at radius 1 is 1.44 bits per heavy atom. The summed E-state index contributed by atoms with van der Waals surface area (Å²) < 4.78 is 5.63. The molecule has 1 N–H and O–H groups in total. The molecule has 7 nitrogen and oxygen atoms in total. The van der Waals surface area contributed by atoms with E-state index in [1.807, 2.05) is 13.0 Å². The maximum atomic E-state index is 12.7. The fourth-order valence-electron chi connectivity index (χ4n) is 2.86. The van der Waals surface area contributed by atoms with Crippen molar-refractivity contribution in [1.29, 1.82) is 0 Å². The first kappa shape index (κ1) is 19.4. The van der Waals surface area contributed by atoms with Crippen molar-refractivity contribution in [1.82, 2.24) is 9.80 Å². The van der Waals surface area contributed by atoms with Crippen LogP contribution in [0.15, 0.2) is 6.07 Å². The summed E-state index contributed by atoms with van der Waals surface area (Å²) in [5.74, 6) is -1.43. The lowest BCUT2D eigenvalue weighted by atomic mass is 10.2. The van der Waals surface area contributed by atoms with Gasteiger partial charge < -0.3 is 19.6 Å². The Morgan fingerprint density at radius 2 is 2.16 bits per heavy atom. The van der Waals surface area contributed by atoms with E-state index < -0.39 is 5.97 Å². The van der Waals surface area contributed by atoms with Gasteiger partial charge in [0.15, 0.2) is 0 Å². The third kappa shape index (κ3) is 5.02. The van der Waals surface area contributed by atoms with Crippen LogP contribution in [0, 0.1) is 6.92 Å². The zero-order valence-electron chi connectivity index (χ0n) is 14.8. The molecule has 2 amide bonds. The number of thiophene rings is 1. The number of ether oxygens (including phenoxy) is 1. The van der Waals surface area contributed by atoms with Gasteiger partial charge in [0.1, 0.15) is 6.54 Å². The number of amides is 2. The van der Waals surface area contributed by atoms with Crippen LogP contribution in [-0.2, 0) is 20.7 Å². The molecule has 1 aliphatic rings. The largest absolute Gasteiger partial charge is 0.480 e. The number of carboxylic acid groups (broad SMARTS) is 1. The summed E-state index contributed by atoms with van der Waals surface area (Å²) in [7, 11) is 0. The Kier molecular flexibility index (Phi) is 6.55. The summed E-state index contributed by atoms with van der Waals surface area (Å²) >= 11 is 1.52. The van der Waals surface area contributed by atoms with Crippen molar-refractivity contribution in [3.05, 3.63) is 21.4 Å². The Morgan fingerprint density at radius 3 is 2.72 bits per heavy atom. The van der Waals surface area contributed by atoms with Gasteiger partial charge >= 0.3 is 5.97 Å². The highest BCUT2D eigenvalue weighted by Gasteiger charge is 2.28. The highest BCUT2D eigenvalue weighted by atomic mass is 32.1. The minimum Gasteiger partial charge on any atom is -0.480 e. The molecule has 0 radical (unpaired) electrons. The first-order valence-electron chi connectivity index (χ1n) is 8.29. The average molecular weight is 368 g/mol. The zero-order valence-corrected chi connectivity index (χ0v) is 15.6. The van der Waals surface area contributed by atoms with E-state index in [9.17, 15) is 14.4 Å². The van der Waals surface area contributed by atoms with Crippen molar-refractivity contribution >= 4 is 29.1 Å². The van der Waals surface area contributed by atoms with E-state index in [0.717, 1.165) is 12.0 Å². The molecule has 1 fully saturated rings. The van der Waals surface area contributed by atoms with Crippen LogP contribution in [0.3, 0.4) is 0 Å². The van der Waals surface area contributed by atoms with E-state index in [-0.39, 0.29) is 31.0 Å². The van der Waals surface area contributed by atoms with E-state index in [1.54, 1.807) is 4.90 Å². The van der Waals surface area contributed by atoms with Gasteiger partial charge in [-0.05, 0) is 25.0 Å². The van der Waals surface area contributed by atoms with Gasteiger partial charge in [-0.2, -0.15) is 0 Å². The molecule has 2 rings (SSSR count). The molecule has 0 bridgehead atoms. The lowest BCUT2D eigenvalue weighted by Gasteiger charge is -2.35. The normalized spacial score (nSPS) is 17.4. The highest BCUT2D eigenvalue weighted by molar-refractivity contribution is 7.14. The van der Waals surface area contributed by atoms with Crippen molar-refractivity contribution in [2.24, 2.45) is 0 Å². The maximum Gasteiger partial charge on any atom is 0.323 e. The molecule has 1 saturated heterocycles. The number of nitrogens with zero attached hydrogens (tertiary/aromatic N) is 2. The van der Waals surface area contributed by atoms with Crippen LogP contribution in [0.4, 0.5) is 0 Å². The molecule has 0 aliphatic carbocycles. The number of hydrogen-bond donors (Lipinski definition) is 1. The minimum absolute atomic E-state index is 0.0336. The smallest absolute Gasteiger partial charge is 0.323 e. The van der Waals surface area contributed by atoms with Crippen molar-refractivity contribution in [2.45, 2.75) is 33.3 Å². The molecule has 8 heteroatoms. The molecule has 1 aromatic heterocycles. The third-order valence-electron chi connectivity index (χ3n) is 4.17. The average Bonchev–Trinajstić information content (AvgIpc) is 2.94. The highest BCUT2D eigenvalue weighted by Crippen LogP contribution is 2.24. The van der Waals surface area contributed by atoms with Gasteiger partial charge in [-0.1, -0.05) is 6.92 Å². The standard InChI is InChI=1S/C17H24N2O5S/c1-4-14-11(2)7-15(25-14)17(23)18-5-6-24-13(8-18)9-19(12(3)20)10-16(21)22/h7,13H,4-6,8-10H2,1-3H3,(H,21,22). The first-order valence-corrected chi connectivity index (χ1v) is 9.11. The van der Waals surface area contributed by atoms with E-state index in [4.69, 9.17) is 9.84 Å². The van der Waals surface area contributed by atoms with E-state index in [0.29, 0.717) is 24.6 Å². The van der Waals surface area contributed by atoms with Crippen LogP contribution in [0.2, 0.25) is 0 Å². The van der Waals surface area contributed by atoms with Gasteiger partial charge in [-0.25, -0.2) is 0 Å². The first-order chi connectivity index (χ1) is 11.8. The number of hydrogen-bond acceptors (Lipinski definition) is 5. The van der Waals surface area contributed by atoms with E-state index in [1.165, 1.54) is 28.0 Å². The minimum atomic E-state index is -1.07. The van der Waals surface area contributed by atoms with Gasteiger partial charge in [0.05, 0.1) is 17.6 Å². The van der Waals surface area contributed by atoms with Crippen molar-refractivity contribution in [3.8, 4) is 0 Å². The molecule has 1 unspecified atom stereocenters. The van der Waals surface area contributed by atoms with Crippen molar-refractivity contribution in [2.75, 3.05) is 32.8 Å². The SMILES string of the molecule is CCc1sc(C(=O)N2CCOC(CN(CC(=O)O)C(C)=O)C2)cc1C. The second-order valence-corrected chi connectivity index (χ2v) is 7.24. The number of carboxylic acids is 1. The summed E-state index contributed by atoms with van der Waals surface area (Å²) in [4.78, 5) is 40.1. The molecular formula is C17H24N2O5S. The molecule has 2 heterocycles. The molecule has 138 valence electrons. The number of morpholine rings is 1. The van der Waals surface area contributed by atoms with Crippen molar-refractivity contribution in [3.63, 3.8) is 0 Å². The van der Waals surface area contributed by atoms with Crippen LogP contribution in [0.5, 0.6) is 0 Å². The molecular weight excluding hydrogens is 344 g/mol. The number of carbonyl (C=O) groups is 3. The second-order valence-electron chi connectivity index (χ2n) is 6.11. The fraction of sp³-hybridized carbons (Fsp3) is 0.588. The monoisotopic (exact) mass is 368 g/mol. The Hall–Kier alpha value is -1.93. The summed E-state index contributed by atoms with van der Waals surface area (Å²) in [6.07, 6.45) is 0.519. The van der Waals surface area contributed by atoms with E-state index in [2.05, 4.69) is 6.92 Å². The summed E-state index contributed by atoms with van der Waals surface area (Å²) in [5, 5.41) is 8.90. The van der Waals surface area contributed by atoms with Crippen LogP contribution >= 0.6 is 11.3 Å². The number of carbonyl (C=O) groups excluding carboxylic acids is 2. The molecule has 1 atom stereocenters. The second kappa shape index (κ2) is 8.44. The molecule has 0 aromatic carbocycles. The van der Waals surface area contributed by atoms with E-state index >= 15 is 0 Å². The number of aryl methyl sites for hydroxylation is 2. The predicted molar refractivity (Wildman–Crippen MR) is 94.0 cm³/mol. The Balaban J connectivity index is 2.02. The molecule has 1 aliphatic heterocycles. The lowest BCUT2D eigenvalue weighted by molar-refractivity contribution is -0.145. The van der Waals surface area contributed by atoms with Crippen LogP contribution in [0.25, 0.3) is 0 Å². The van der Waals surface area contributed by atoms with Gasteiger partial charge in [-0.3, -0.25) is 14.4 Å². The van der Waals surface area contributed by atoms with Gasteiger partial charge in [-0.15, -0.1) is 11.3 Å². The molecule has 0 spiro atoms. The van der Waals surface area contributed by atoms with Crippen LogP contribution in [-0.4, -0.2) is 71.6 Å². The number of aliphatic carboxylic acids is 1. The molecule has 1 aromatic rings. The zero-order chi connectivity index (χ0) is 18.6. The van der Waals surface area contributed by atoms with Gasteiger partial charge in [0.25, 0.3) is 5.91 Å². The summed E-state index contributed by atoms with van der Waals surface area (Å²) in [5.41, 5.74) is 1.13. The molecule has 0 saturated carbocycles. The predicted octanol–water partition coefficient (Wildman–Crippen LogP) is 1.39. The van der Waals surface area contributed by atoms with Gasteiger partial charge in [0, 0.05) is 31.4 Å². The topological polar surface area (TPSA) is 87.2 Å². The fourth-order valence-corrected chi connectivity index (χ4v) is 3.94. The number of rotatable bonds is 6. The molecule has 25 heavy (non-hydrogen) atoms. The van der Waals surface area contributed by atoms with Crippen molar-refractivity contribution < 1.29 is 24.2 Å².